The van der Waals surface area contributed by atoms with Gasteiger partial charge in [0.05, 0.1) is 0 Å². The number of halogens is 1. The highest BCUT2D eigenvalue weighted by Gasteiger charge is 2.31. The second kappa shape index (κ2) is 6.90. The highest BCUT2D eigenvalue weighted by Crippen LogP contribution is 2.38. The minimum Gasteiger partial charge on any atom is -0.300 e. The van der Waals surface area contributed by atoms with Gasteiger partial charge in [-0.2, -0.15) is 0 Å². The third-order valence-corrected chi connectivity index (χ3v) is 5.07. The Balaban J connectivity index is 2.24. The van der Waals surface area contributed by atoms with E-state index in [4.69, 9.17) is 0 Å². The van der Waals surface area contributed by atoms with E-state index in [1.807, 2.05) is 0 Å². The van der Waals surface area contributed by atoms with E-state index in [9.17, 15) is 0 Å². The highest BCUT2D eigenvalue weighted by atomic mass is 79.9. The molecule has 0 radical (unpaired) electrons. The SMILES string of the molecule is CCCN(CCC)[C@@H]1CCc2cccc(Br)c2[C@@H]1C. The van der Waals surface area contributed by atoms with Crippen LogP contribution in [0.2, 0.25) is 0 Å². The number of benzene rings is 1. The van der Waals surface area contributed by atoms with Gasteiger partial charge in [0.1, 0.15) is 0 Å². The molecule has 19 heavy (non-hydrogen) atoms. The number of hydrogen-bond donors (Lipinski definition) is 0. The fourth-order valence-electron chi connectivity index (χ4n) is 3.57. The van der Waals surface area contributed by atoms with Crippen LogP contribution in [0.25, 0.3) is 0 Å². The van der Waals surface area contributed by atoms with Gasteiger partial charge in [-0.05, 0) is 61.9 Å². The summed E-state index contributed by atoms with van der Waals surface area (Å²) in [6.07, 6.45) is 5.05. The summed E-state index contributed by atoms with van der Waals surface area (Å²) in [5, 5.41) is 0. The molecule has 106 valence electrons. The van der Waals surface area contributed by atoms with Crippen LogP contribution in [-0.4, -0.2) is 24.0 Å². The van der Waals surface area contributed by atoms with Crippen molar-refractivity contribution in [1.82, 2.24) is 4.90 Å². The van der Waals surface area contributed by atoms with Crippen LogP contribution < -0.4 is 0 Å². The van der Waals surface area contributed by atoms with Crippen LogP contribution in [0.15, 0.2) is 22.7 Å². The lowest BCUT2D eigenvalue weighted by Gasteiger charge is -2.40. The summed E-state index contributed by atoms with van der Waals surface area (Å²) in [6.45, 7) is 9.47. The molecule has 2 heteroatoms. The summed E-state index contributed by atoms with van der Waals surface area (Å²) in [6, 6.07) is 7.38. The van der Waals surface area contributed by atoms with E-state index in [1.165, 1.54) is 43.2 Å². The molecule has 2 atom stereocenters. The van der Waals surface area contributed by atoms with Crippen molar-refractivity contribution in [2.45, 2.75) is 58.4 Å². The van der Waals surface area contributed by atoms with Crippen molar-refractivity contribution in [1.29, 1.82) is 0 Å². The fourth-order valence-corrected chi connectivity index (χ4v) is 4.34. The molecule has 1 aliphatic rings. The summed E-state index contributed by atoms with van der Waals surface area (Å²) < 4.78 is 1.30. The monoisotopic (exact) mass is 323 g/mol. The first-order valence-electron chi connectivity index (χ1n) is 7.70. The number of nitrogens with zero attached hydrogens (tertiary/aromatic N) is 1. The van der Waals surface area contributed by atoms with E-state index in [2.05, 4.69) is 59.8 Å². The molecule has 0 bridgehead atoms. The molecule has 0 saturated heterocycles. The van der Waals surface area contributed by atoms with Crippen molar-refractivity contribution in [3.8, 4) is 0 Å². The first-order valence-corrected chi connectivity index (χ1v) is 8.49. The van der Waals surface area contributed by atoms with Crippen molar-refractivity contribution in [3.05, 3.63) is 33.8 Å². The van der Waals surface area contributed by atoms with Gasteiger partial charge in [-0.15, -0.1) is 0 Å². The lowest BCUT2D eigenvalue weighted by Crippen LogP contribution is -2.42. The van der Waals surface area contributed by atoms with Crippen molar-refractivity contribution in [2.75, 3.05) is 13.1 Å². The minimum absolute atomic E-state index is 0.637. The zero-order valence-corrected chi connectivity index (χ0v) is 14.0. The fraction of sp³-hybridized carbons (Fsp3) is 0.647. The third-order valence-electron chi connectivity index (χ3n) is 4.38. The Hall–Kier alpha value is -0.340. The molecule has 0 aromatic heterocycles. The smallest absolute Gasteiger partial charge is 0.0213 e. The summed E-state index contributed by atoms with van der Waals surface area (Å²) in [7, 11) is 0. The average Bonchev–Trinajstić information content (AvgIpc) is 2.39. The molecule has 0 aliphatic heterocycles. The Labute approximate surface area is 126 Å². The number of hydrogen-bond acceptors (Lipinski definition) is 1. The van der Waals surface area contributed by atoms with E-state index in [-0.39, 0.29) is 0 Å². The largest absolute Gasteiger partial charge is 0.300 e. The molecule has 0 fully saturated rings. The number of aryl methyl sites for hydroxylation is 1. The Morgan fingerprint density at radius 3 is 2.53 bits per heavy atom. The molecule has 1 nitrogen and oxygen atoms in total. The van der Waals surface area contributed by atoms with Gasteiger partial charge in [0.15, 0.2) is 0 Å². The standard InChI is InChI=1S/C17H26BrN/c1-4-11-19(12-5-2)16-10-9-14-7-6-8-15(18)17(14)13(16)3/h6-8,13,16H,4-5,9-12H2,1-3H3/t13-,16-/m1/s1. The maximum absolute atomic E-state index is 3.76. The predicted molar refractivity (Wildman–Crippen MR) is 86.8 cm³/mol. The number of rotatable bonds is 5. The van der Waals surface area contributed by atoms with Crippen LogP contribution in [0.5, 0.6) is 0 Å². The Morgan fingerprint density at radius 1 is 1.21 bits per heavy atom. The topological polar surface area (TPSA) is 3.24 Å². The van der Waals surface area contributed by atoms with Crippen LogP contribution in [0, 0.1) is 0 Å². The quantitative estimate of drug-likeness (QED) is 0.737. The summed E-state index contributed by atoms with van der Waals surface area (Å²) in [4.78, 5) is 2.72. The van der Waals surface area contributed by atoms with Crippen LogP contribution in [0.4, 0.5) is 0 Å². The zero-order chi connectivity index (χ0) is 13.8. The average molecular weight is 324 g/mol. The van der Waals surface area contributed by atoms with Crippen molar-refractivity contribution < 1.29 is 0 Å². The third kappa shape index (κ3) is 3.22. The first-order chi connectivity index (χ1) is 9.19. The molecule has 2 rings (SSSR count). The van der Waals surface area contributed by atoms with Gasteiger partial charge in [0.2, 0.25) is 0 Å². The van der Waals surface area contributed by atoms with Crippen LogP contribution >= 0.6 is 15.9 Å². The Morgan fingerprint density at radius 2 is 1.89 bits per heavy atom. The molecular formula is C17H26BrN. The van der Waals surface area contributed by atoms with Gasteiger partial charge in [-0.25, -0.2) is 0 Å². The van der Waals surface area contributed by atoms with Gasteiger partial charge in [-0.3, -0.25) is 4.90 Å². The second-order valence-corrected chi connectivity index (χ2v) is 6.60. The Bertz CT molecular complexity index is 410. The first kappa shape index (κ1) is 15.1. The predicted octanol–water partition coefficient (Wildman–Crippen LogP) is 4.99. The van der Waals surface area contributed by atoms with Crippen LogP contribution in [0.1, 0.15) is 57.1 Å². The van der Waals surface area contributed by atoms with Crippen molar-refractivity contribution >= 4 is 15.9 Å². The summed E-state index contributed by atoms with van der Waals surface area (Å²) in [5.41, 5.74) is 3.10. The summed E-state index contributed by atoms with van der Waals surface area (Å²) >= 11 is 3.76. The molecular weight excluding hydrogens is 298 g/mol. The van der Waals surface area contributed by atoms with E-state index in [0.29, 0.717) is 12.0 Å². The van der Waals surface area contributed by atoms with Gasteiger partial charge in [0, 0.05) is 10.5 Å². The van der Waals surface area contributed by atoms with E-state index in [0.717, 1.165) is 0 Å². The van der Waals surface area contributed by atoms with E-state index < -0.39 is 0 Å². The molecule has 1 aromatic carbocycles. The van der Waals surface area contributed by atoms with Crippen molar-refractivity contribution in [2.24, 2.45) is 0 Å². The molecule has 1 aromatic rings. The van der Waals surface area contributed by atoms with Gasteiger partial charge in [0.25, 0.3) is 0 Å². The highest BCUT2D eigenvalue weighted by molar-refractivity contribution is 9.10. The van der Waals surface area contributed by atoms with Gasteiger partial charge < -0.3 is 0 Å². The van der Waals surface area contributed by atoms with E-state index in [1.54, 1.807) is 11.1 Å². The molecule has 0 spiro atoms. The second-order valence-electron chi connectivity index (χ2n) is 5.74. The van der Waals surface area contributed by atoms with Gasteiger partial charge >= 0.3 is 0 Å². The number of fused-ring (bicyclic) bond motifs is 1. The molecule has 0 unspecified atom stereocenters. The molecule has 0 N–H and O–H groups in total. The normalized spacial score (nSPS) is 22.6. The Kier molecular flexibility index (Phi) is 5.47. The van der Waals surface area contributed by atoms with Crippen LogP contribution in [0.3, 0.4) is 0 Å². The lowest BCUT2D eigenvalue weighted by molar-refractivity contribution is 0.158. The van der Waals surface area contributed by atoms with E-state index >= 15 is 0 Å². The van der Waals surface area contributed by atoms with Gasteiger partial charge in [-0.1, -0.05) is 48.8 Å². The van der Waals surface area contributed by atoms with Crippen LogP contribution in [-0.2, 0) is 6.42 Å². The lowest BCUT2D eigenvalue weighted by atomic mass is 9.79. The zero-order valence-electron chi connectivity index (χ0n) is 12.5. The van der Waals surface area contributed by atoms with Crippen molar-refractivity contribution in [3.63, 3.8) is 0 Å². The minimum atomic E-state index is 0.637. The molecule has 0 amide bonds. The molecule has 0 heterocycles. The molecule has 1 aliphatic carbocycles. The molecule has 0 saturated carbocycles. The summed E-state index contributed by atoms with van der Waals surface area (Å²) in [5.74, 6) is 0.637. The maximum atomic E-state index is 3.76. The maximum Gasteiger partial charge on any atom is 0.0213 e.